The van der Waals surface area contributed by atoms with E-state index in [0.717, 1.165) is 20.5 Å². The molecule has 0 radical (unpaired) electrons. The summed E-state index contributed by atoms with van der Waals surface area (Å²) in [6.07, 6.45) is 0. The van der Waals surface area contributed by atoms with E-state index in [1.165, 1.54) is 12.1 Å². The van der Waals surface area contributed by atoms with Gasteiger partial charge in [0.15, 0.2) is 5.82 Å². The van der Waals surface area contributed by atoms with E-state index in [1.54, 1.807) is 12.1 Å². The van der Waals surface area contributed by atoms with E-state index in [9.17, 15) is 9.18 Å². The summed E-state index contributed by atoms with van der Waals surface area (Å²) in [5, 5.41) is 8.59. The Morgan fingerprint density at radius 3 is 2.14 bits per heavy atom. The summed E-state index contributed by atoms with van der Waals surface area (Å²) in [4.78, 5) is 16.6. The van der Waals surface area contributed by atoms with Crippen LogP contribution in [0, 0.1) is 9.39 Å². The van der Waals surface area contributed by atoms with Crippen LogP contribution in [0.25, 0.3) is 11.3 Å². The Kier molecular flexibility index (Phi) is 5.52. The third kappa shape index (κ3) is 4.14. The number of carbonyl (C=O) groups excluding carboxylic acids is 1. The lowest BCUT2D eigenvalue weighted by atomic mass is 10.1. The number of hydrogen-bond acceptors (Lipinski definition) is 4. The van der Waals surface area contributed by atoms with Gasteiger partial charge in [-0.2, -0.15) is 0 Å². The van der Waals surface area contributed by atoms with Gasteiger partial charge in [0.05, 0.1) is 5.69 Å². The zero-order valence-corrected chi connectivity index (χ0v) is 17.2. The molecule has 2 heterocycles. The maximum Gasteiger partial charge on any atom is 0.253 e. The van der Waals surface area contributed by atoms with Crippen molar-refractivity contribution in [3.8, 4) is 11.3 Å². The van der Waals surface area contributed by atoms with Crippen LogP contribution in [0.15, 0.2) is 60.7 Å². The Morgan fingerprint density at radius 2 is 1.54 bits per heavy atom. The summed E-state index contributed by atoms with van der Waals surface area (Å²) < 4.78 is 14.2. The molecule has 28 heavy (non-hydrogen) atoms. The largest absolute Gasteiger partial charge is 0.352 e. The molecule has 1 aromatic heterocycles. The van der Waals surface area contributed by atoms with Crippen LogP contribution in [0.4, 0.5) is 10.2 Å². The molecule has 2 aromatic carbocycles. The molecule has 1 fully saturated rings. The molecule has 3 aromatic rings. The lowest BCUT2D eigenvalue weighted by Gasteiger charge is -2.35. The highest BCUT2D eigenvalue weighted by atomic mass is 127. The molecule has 142 valence electrons. The van der Waals surface area contributed by atoms with Gasteiger partial charge in [0, 0.05) is 40.9 Å². The van der Waals surface area contributed by atoms with Gasteiger partial charge in [0.25, 0.3) is 5.91 Å². The van der Waals surface area contributed by atoms with Crippen molar-refractivity contribution in [1.29, 1.82) is 0 Å². The highest BCUT2D eigenvalue weighted by Crippen LogP contribution is 2.20. The number of carbonyl (C=O) groups is 1. The zero-order chi connectivity index (χ0) is 19.5. The number of hydrogen-bond donors (Lipinski definition) is 0. The van der Waals surface area contributed by atoms with E-state index in [4.69, 9.17) is 0 Å². The second-order valence-corrected chi connectivity index (χ2v) is 7.82. The molecular formula is C21H18FIN4O. The maximum atomic E-state index is 13.1. The van der Waals surface area contributed by atoms with Crippen molar-refractivity contribution in [2.75, 3.05) is 31.1 Å². The van der Waals surface area contributed by atoms with Crippen molar-refractivity contribution in [3.63, 3.8) is 0 Å². The van der Waals surface area contributed by atoms with E-state index in [1.807, 2.05) is 41.3 Å². The average Bonchev–Trinajstić information content (AvgIpc) is 2.75. The standard InChI is InChI=1S/C21H18FIN4O/c22-17-5-1-15(2-6-17)19-9-10-20(25-24-19)26-11-13-27(14-12-26)21(28)16-3-7-18(23)8-4-16/h1-10H,11-14H2. The predicted molar refractivity (Wildman–Crippen MR) is 115 cm³/mol. The topological polar surface area (TPSA) is 49.3 Å². The average molecular weight is 488 g/mol. The Morgan fingerprint density at radius 1 is 0.857 bits per heavy atom. The van der Waals surface area contributed by atoms with Crippen molar-refractivity contribution in [1.82, 2.24) is 15.1 Å². The molecule has 0 N–H and O–H groups in total. The van der Waals surface area contributed by atoms with Crippen molar-refractivity contribution in [2.24, 2.45) is 0 Å². The van der Waals surface area contributed by atoms with Crippen molar-refractivity contribution < 1.29 is 9.18 Å². The molecule has 7 heteroatoms. The Labute approximate surface area is 176 Å². The fraction of sp³-hybridized carbons (Fsp3) is 0.190. The first kappa shape index (κ1) is 18.8. The van der Waals surface area contributed by atoms with Crippen molar-refractivity contribution in [3.05, 3.63) is 75.6 Å². The summed E-state index contributed by atoms with van der Waals surface area (Å²) >= 11 is 2.23. The molecule has 0 unspecified atom stereocenters. The molecule has 0 atom stereocenters. The smallest absolute Gasteiger partial charge is 0.253 e. The quantitative estimate of drug-likeness (QED) is 0.526. The van der Waals surface area contributed by atoms with Gasteiger partial charge in [0.2, 0.25) is 0 Å². The number of nitrogens with zero attached hydrogens (tertiary/aromatic N) is 4. The third-order valence-corrected chi connectivity index (χ3v) is 5.49. The second kappa shape index (κ2) is 8.22. The summed E-state index contributed by atoms with van der Waals surface area (Å²) in [5.41, 5.74) is 2.25. The number of aromatic nitrogens is 2. The van der Waals surface area contributed by atoms with Gasteiger partial charge in [-0.05, 0) is 83.3 Å². The van der Waals surface area contributed by atoms with Crippen LogP contribution in [0.5, 0.6) is 0 Å². The Bertz CT molecular complexity index is 953. The number of anilines is 1. The van der Waals surface area contributed by atoms with E-state index in [-0.39, 0.29) is 11.7 Å². The summed E-state index contributed by atoms with van der Waals surface area (Å²) in [7, 11) is 0. The first-order valence-corrected chi connectivity index (χ1v) is 10.1. The number of halogens is 2. The highest BCUT2D eigenvalue weighted by molar-refractivity contribution is 14.1. The fourth-order valence-electron chi connectivity index (χ4n) is 3.18. The van der Waals surface area contributed by atoms with Gasteiger partial charge >= 0.3 is 0 Å². The minimum absolute atomic E-state index is 0.0637. The van der Waals surface area contributed by atoms with Crippen LogP contribution >= 0.6 is 22.6 Å². The monoisotopic (exact) mass is 488 g/mol. The maximum absolute atomic E-state index is 13.1. The fourth-order valence-corrected chi connectivity index (χ4v) is 3.54. The molecule has 0 spiro atoms. The van der Waals surface area contributed by atoms with E-state index >= 15 is 0 Å². The van der Waals surface area contributed by atoms with Gasteiger partial charge in [-0.15, -0.1) is 10.2 Å². The Hall–Kier alpha value is -2.55. The highest BCUT2D eigenvalue weighted by Gasteiger charge is 2.23. The lowest BCUT2D eigenvalue weighted by molar-refractivity contribution is 0.0746. The molecule has 0 bridgehead atoms. The zero-order valence-electron chi connectivity index (χ0n) is 15.1. The number of rotatable bonds is 3. The van der Waals surface area contributed by atoms with Crippen molar-refractivity contribution in [2.45, 2.75) is 0 Å². The summed E-state index contributed by atoms with van der Waals surface area (Å²) in [5.74, 6) is 0.576. The molecule has 4 rings (SSSR count). The normalized spacial score (nSPS) is 14.2. The lowest BCUT2D eigenvalue weighted by Crippen LogP contribution is -2.49. The molecular weight excluding hydrogens is 470 g/mol. The third-order valence-electron chi connectivity index (χ3n) is 4.77. The molecule has 5 nitrogen and oxygen atoms in total. The van der Waals surface area contributed by atoms with Crippen LogP contribution in [-0.4, -0.2) is 47.2 Å². The van der Waals surface area contributed by atoms with E-state index in [0.29, 0.717) is 31.9 Å². The number of amides is 1. The van der Waals surface area contributed by atoms with Gasteiger partial charge in [-0.25, -0.2) is 4.39 Å². The van der Waals surface area contributed by atoms with Crippen molar-refractivity contribution >= 4 is 34.3 Å². The van der Waals surface area contributed by atoms with Crippen LogP contribution in [0.1, 0.15) is 10.4 Å². The first-order chi connectivity index (χ1) is 13.6. The molecule has 1 aliphatic rings. The van der Waals surface area contributed by atoms with Gasteiger partial charge < -0.3 is 9.80 Å². The molecule has 1 saturated heterocycles. The minimum Gasteiger partial charge on any atom is -0.352 e. The predicted octanol–water partition coefficient (Wildman–Crippen LogP) is 3.85. The molecule has 1 aliphatic heterocycles. The van der Waals surface area contributed by atoms with Gasteiger partial charge in [0.1, 0.15) is 5.82 Å². The molecule has 0 aliphatic carbocycles. The van der Waals surface area contributed by atoms with Gasteiger partial charge in [-0.1, -0.05) is 0 Å². The molecule has 1 amide bonds. The Balaban J connectivity index is 1.39. The minimum atomic E-state index is -0.272. The molecule has 0 saturated carbocycles. The van der Waals surface area contributed by atoms with Gasteiger partial charge in [-0.3, -0.25) is 4.79 Å². The SMILES string of the molecule is O=C(c1ccc(I)cc1)N1CCN(c2ccc(-c3ccc(F)cc3)nn2)CC1. The van der Waals surface area contributed by atoms with Crippen LogP contribution in [-0.2, 0) is 0 Å². The number of benzene rings is 2. The van der Waals surface area contributed by atoms with E-state index in [2.05, 4.69) is 37.7 Å². The number of piperazine rings is 1. The first-order valence-electron chi connectivity index (χ1n) is 8.99. The van der Waals surface area contributed by atoms with E-state index < -0.39 is 0 Å². The van der Waals surface area contributed by atoms with Crippen LogP contribution in [0.2, 0.25) is 0 Å². The van der Waals surface area contributed by atoms with Crippen LogP contribution < -0.4 is 4.90 Å². The second-order valence-electron chi connectivity index (χ2n) is 6.57. The summed E-state index contributed by atoms with van der Waals surface area (Å²) in [6.45, 7) is 2.71. The van der Waals surface area contributed by atoms with Crippen LogP contribution in [0.3, 0.4) is 0 Å². The summed E-state index contributed by atoms with van der Waals surface area (Å²) in [6, 6.07) is 17.6.